The highest BCUT2D eigenvalue weighted by atomic mass is 32.2. The van der Waals surface area contributed by atoms with Gasteiger partial charge in [-0.25, -0.2) is 13.2 Å². The van der Waals surface area contributed by atoms with Crippen molar-refractivity contribution in [1.29, 1.82) is 0 Å². The standard InChI is InChI=1S/C23H23NO6S/c1-29-20-11-12-21(30-2)22(15-20)31(27,28)24-19-8-4-6-17(14-19)10-9-16-5-3-7-18(13-16)23(25)26/h3-8,11-15,24H,9-10H2,1-2H3,(H,25,26). The van der Waals surface area contributed by atoms with Crippen LogP contribution >= 0.6 is 0 Å². The zero-order valence-electron chi connectivity index (χ0n) is 17.2. The number of carboxylic acids is 1. The third-order valence-corrected chi connectivity index (χ3v) is 6.12. The molecular formula is C23H23NO6S. The van der Waals surface area contributed by atoms with Crippen molar-refractivity contribution < 1.29 is 27.8 Å². The lowest BCUT2D eigenvalue weighted by Gasteiger charge is -2.13. The highest BCUT2D eigenvalue weighted by molar-refractivity contribution is 7.92. The van der Waals surface area contributed by atoms with Crippen molar-refractivity contribution in [3.63, 3.8) is 0 Å². The molecule has 3 aromatic rings. The van der Waals surface area contributed by atoms with E-state index >= 15 is 0 Å². The van der Waals surface area contributed by atoms with E-state index in [4.69, 9.17) is 14.6 Å². The number of carboxylic acid groups (broad SMARTS) is 1. The van der Waals surface area contributed by atoms with Gasteiger partial charge in [0, 0.05) is 11.8 Å². The molecule has 2 N–H and O–H groups in total. The summed E-state index contributed by atoms with van der Waals surface area (Å²) in [5.74, 6) is -0.354. The third kappa shape index (κ3) is 5.55. The molecule has 0 aromatic heterocycles. The average molecular weight is 442 g/mol. The normalized spacial score (nSPS) is 11.0. The zero-order valence-corrected chi connectivity index (χ0v) is 18.0. The predicted molar refractivity (Wildman–Crippen MR) is 118 cm³/mol. The van der Waals surface area contributed by atoms with Crippen molar-refractivity contribution in [2.45, 2.75) is 17.7 Å². The Kier molecular flexibility index (Phi) is 6.81. The summed E-state index contributed by atoms with van der Waals surface area (Å²) in [6, 6.07) is 18.4. The Hall–Kier alpha value is -3.52. The van der Waals surface area contributed by atoms with Crippen LogP contribution in [0.5, 0.6) is 11.5 Å². The molecule has 3 aromatic carbocycles. The van der Waals surface area contributed by atoms with Crippen LogP contribution in [0.25, 0.3) is 0 Å². The summed E-state index contributed by atoms with van der Waals surface area (Å²) in [7, 11) is -1.04. The predicted octanol–water partition coefficient (Wildman–Crippen LogP) is 3.99. The number of rotatable bonds is 9. The first-order chi connectivity index (χ1) is 14.8. The van der Waals surface area contributed by atoms with Gasteiger partial charge in [-0.05, 0) is 60.4 Å². The SMILES string of the molecule is COc1ccc(OC)c(S(=O)(=O)Nc2cccc(CCc3cccc(C(=O)O)c3)c2)c1. The Labute approximate surface area is 181 Å². The van der Waals surface area contributed by atoms with Crippen LogP contribution in [0.3, 0.4) is 0 Å². The molecule has 0 heterocycles. The first-order valence-electron chi connectivity index (χ1n) is 9.48. The third-order valence-electron chi connectivity index (χ3n) is 4.72. The van der Waals surface area contributed by atoms with E-state index in [9.17, 15) is 13.2 Å². The Balaban J connectivity index is 1.77. The van der Waals surface area contributed by atoms with Gasteiger partial charge in [-0.2, -0.15) is 0 Å². The Bertz CT molecular complexity index is 1190. The summed E-state index contributed by atoms with van der Waals surface area (Å²) in [5.41, 5.74) is 2.47. The largest absolute Gasteiger partial charge is 0.497 e. The van der Waals surface area contributed by atoms with E-state index in [1.54, 1.807) is 42.5 Å². The lowest BCUT2D eigenvalue weighted by Crippen LogP contribution is -2.14. The molecule has 0 aliphatic rings. The van der Waals surface area contributed by atoms with Crippen LogP contribution in [0.2, 0.25) is 0 Å². The van der Waals surface area contributed by atoms with Gasteiger partial charge in [-0.1, -0.05) is 24.3 Å². The number of aromatic carboxylic acids is 1. The minimum Gasteiger partial charge on any atom is -0.497 e. The highest BCUT2D eigenvalue weighted by Gasteiger charge is 2.21. The van der Waals surface area contributed by atoms with Crippen molar-refractivity contribution in [3.05, 3.63) is 83.4 Å². The van der Waals surface area contributed by atoms with E-state index in [0.29, 0.717) is 24.3 Å². The van der Waals surface area contributed by atoms with Crippen molar-refractivity contribution in [2.75, 3.05) is 18.9 Å². The van der Waals surface area contributed by atoms with Crippen molar-refractivity contribution in [1.82, 2.24) is 0 Å². The van der Waals surface area contributed by atoms with E-state index < -0.39 is 16.0 Å². The average Bonchev–Trinajstić information content (AvgIpc) is 2.77. The molecule has 0 spiro atoms. The zero-order chi connectivity index (χ0) is 22.4. The van der Waals surface area contributed by atoms with Crippen molar-refractivity contribution >= 4 is 21.7 Å². The molecule has 0 aliphatic heterocycles. The molecule has 3 rings (SSSR count). The van der Waals surface area contributed by atoms with E-state index in [0.717, 1.165) is 11.1 Å². The topological polar surface area (TPSA) is 102 Å². The molecule has 0 bridgehead atoms. The van der Waals surface area contributed by atoms with Crippen LogP contribution in [-0.2, 0) is 22.9 Å². The van der Waals surface area contributed by atoms with E-state index in [1.807, 2.05) is 12.1 Å². The van der Waals surface area contributed by atoms with E-state index in [2.05, 4.69) is 4.72 Å². The fraction of sp³-hybridized carbons (Fsp3) is 0.174. The van der Waals surface area contributed by atoms with Crippen LogP contribution in [-0.4, -0.2) is 33.7 Å². The monoisotopic (exact) mass is 441 g/mol. The van der Waals surface area contributed by atoms with Gasteiger partial charge >= 0.3 is 5.97 Å². The van der Waals surface area contributed by atoms with E-state index in [-0.39, 0.29) is 16.2 Å². The number of carbonyl (C=O) groups is 1. The first-order valence-corrected chi connectivity index (χ1v) is 11.0. The molecule has 8 heteroatoms. The maximum atomic E-state index is 12.9. The molecule has 0 radical (unpaired) electrons. The van der Waals surface area contributed by atoms with Crippen LogP contribution in [0.1, 0.15) is 21.5 Å². The first kappa shape index (κ1) is 22.2. The molecule has 0 unspecified atom stereocenters. The number of anilines is 1. The molecule has 7 nitrogen and oxygen atoms in total. The quantitative estimate of drug-likeness (QED) is 0.521. The van der Waals surface area contributed by atoms with Gasteiger partial charge in [-0.15, -0.1) is 0 Å². The molecule has 0 fully saturated rings. The molecule has 0 aliphatic carbocycles. The summed E-state index contributed by atoms with van der Waals surface area (Å²) in [6.45, 7) is 0. The molecule has 31 heavy (non-hydrogen) atoms. The summed E-state index contributed by atoms with van der Waals surface area (Å²) >= 11 is 0. The van der Waals surface area contributed by atoms with Crippen LogP contribution < -0.4 is 14.2 Å². The fourth-order valence-electron chi connectivity index (χ4n) is 3.14. The molecule has 0 amide bonds. The molecule has 0 saturated heterocycles. The second kappa shape index (κ2) is 9.53. The smallest absolute Gasteiger partial charge is 0.335 e. The second-order valence-corrected chi connectivity index (χ2v) is 8.48. The minimum absolute atomic E-state index is 0.0229. The van der Waals surface area contributed by atoms with Gasteiger partial charge in [0.25, 0.3) is 10.0 Å². The summed E-state index contributed by atoms with van der Waals surface area (Å²) in [4.78, 5) is 11.1. The Morgan fingerprint density at radius 1 is 0.903 bits per heavy atom. The fourth-order valence-corrected chi connectivity index (χ4v) is 4.38. The maximum Gasteiger partial charge on any atom is 0.335 e. The number of methoxy groups -OCH3 is 2. The van der Waals surface area contributed by atoms with Crippen LogP contribution in [0.15, 0.2) is 71.6 Å². The summed E-state index contributed by atoms with van der Waals surface area (Å²) in [5, 5.41) is 9.12. The van der Waals surface area contributed by atoms with Gasteiger partial charge in [0.05, 0.1) is 19.8 Å². The van der Waals surface area contributed by atoms with Gasteiger partial charge in [0.15, 0.2) is 0 Å². The highest BCUT2D eigenvalue weighted by Crippen LogP contribution is 2.30. The lowest BCUT2D eigenvalue weighted by molar-refractivity contribution is 0.0696. The van der Waals surface area contributed by atoms with Gasteiger partial charge in [-0.3, -0.25) is 4.72 Å². The van der Waals surface area contributed by atoms with Gasteiger partial charge in [0.2, 0.25) is 0 Å². The minimum atomic E-state index is -3.91. The lowest BCUT2D eigenvalue weighted by atomic mass is 10.0. The Morgan fingerprint density at radius 2 is 1.58 bits per heavy atom. The number of aryl methyl sites for hydroxylation is 2. The van der Waals surface area contributed by atoms with Crippen LogP contribution in [0, 0.1) is 0 Å². The number of hydrogen-bond acceptors (Lipinski definition) is 5. The number of sulfonamides is 1. The molecule has 0 atom stereocenters. The van der Waals surface area contributed by atoms with Crippen molar-refractivity contribution in [3.8, 4) is 11.5 Å². The number of nitrogens with one attached hydrogen (secondary N) is 1. The molecule has 162 valence electrons. The van der Waals surface area contributed by atoms with Gasteiger partial charge in [0.1, 0.15) is 16.4 Å². The number of ether oxygens (including phenoxy) is 2. The Morgan fingerprint density at radius 3 is 2.23 bits per heavy atom. The van der Waals surface area contributed by atoms with Gasteiger partial charge < -0.3 is 14.6 Å². The second-order valence-electron chi connectivity index (χ2n) is 6.83. The van der Waals surface area contributed by atoms with Crippen LogP contribution in [0.4, 0.5) is 5.69 Å². The number of hydrogen-bond donors (Lipinski definition) is 2. The maximum absolute atomic E-state index is 12.9. The van der Waals surface area contributed by atoms with Crippen molar-refractivity contribution in [2.24, 2.45) is 0 Å². The summed E-state index contributed by atoms with van der Waals surface area (Å²) in [6.07, 6.45) is 1.25. The summed E-state index contributed by atoms with van der Waals surface area (Å²) < 4.78 is 38.8. The number of benzene rings is 3. The molecule has 0 saturated carbocycles. The van der Waals surface area contributed by atoms with E-state index in [1.165, 1.54) is 26.4 Å². The molecular weight excluding hydrogens is 418 g/mol.